The van der Waals surface area contributed by atoms with Gasteiger partial charge in [-0.1, -0.05) is 221 Å². The summed E-state index contributed by atoms with van der Waals surface area (Å²) in [5.74, 6) is 1.57. The maximum atomic E-state index is 13.6. The number of aliphatic hydroxyl groups excluding tert-OH is 3. The Balaban J connectivity index is 5.25. The molecule has 0 aliphatic heterocycles. The zero-order valence-electron chi connectivity index (χ0n) is 42.4. The second kappa shape index (κ2) is 43.2. The van der Waals surface area contributed by atoms with Crippen LogP contribution in [0.4, 0.5) is 0 Å². The van der Waals surface area contributed by atoms with Crippen LogP contribution in [0.1, 0.15) is 260 Å². The minimum Gasteiger partial charge on any atom is -0.462 e. The van der Waals surface area contributed by atoms with E-state index in [0.29, 0.717) is 25.7 Å². The first-order valence-corrected chi connectivity index (χ1v) is 28.2. The number of esters is 1. The van der Waals surface area contributed by atoms with Gasteiger partial charge in [0.15, 0.2) is 0 Å². The van der Waals surface area contributed by atoms with Crippen molar-refractivity contribution in [2.24, 2.45) is 17.8 Å². The molecule has 11 nitrogen and oxygen atoms in total. The molecule has 64 heavy (non-hydrogen) atoms. The van der Waals surface area contributed by atoms with Crippen LogP contribution in [0.15, 0.2) is 0 Å². The highest BCUT2D eigenvalue weighted by molar-refractivity contribution is 7.47. The summed E-state index contributed by atoms with van der Waals surface area (Å²) in [5.41, 5.74) is 0. The first kappa shape index (κ1) is 62.9. The van der Waals surface area contributed by atoms with E-state index in [1.54, 1.807) is 0 Å². The number of amides is 1. The Morgan fingerprint density at radius 3 is 1.23 bits per heavy atom. The van der Waals surface area contributed by atoms with E-state index in [9.17, 15) is 29.3 Å². The zero-order chi connectivity index (χ0) is 47.7. The Kier molecular flexibility index (Phi) is 42.5. The normalized spacial score (nSPS) is 14.8. The van der Waals surface area contributed by atoms with Gasteiger partial charge in [0.25, 0.3) is 0 Å². The van der Waals surface area contributed by atoms with Crippen LogP contribution in [-0.4, -0.2) is 76.3 Å². The fraction of sp³-hybridized carbons (Fsp3) is 0.962. The lowest BCUT2D eigenvalue weighted by Gasteiger charge is -2.26. The Morgan fingerprint density at radius 1 is 0.500 bits per heavy atom. The van der Waals surface area contributed by atoms with Gasteiger partial charge in [-0.15, -0.1) is 0 Å². The van der Waals surface area contributed by atoms with E-state index in [-0.39, 0.29) is 12.4 Å². The molecule has 0 rings (SSSR count). The molecule has 0 bridgehead atoms. The number of carbonyl (C=O) groups excluding carboxylic acids is 2. The number of rotatable bonds is 48. The third-order valence-electron chi connectivity index (χ3n) is 12.3. The average Bonchev–Trinajstić information content (AvgIpc) is 3.23. The number of phosphoric acid groups is 1. The van der Waals surface area contributed by atoms with Crippen LogP contribution >= 0.6 is 7.82 Å². The molecule has 0 aromatic heterocycles. The standard InChI is InChI=1S/C52H104NO10P/c1-44(2)34-28-22-16-10-7-13-19-25-31-37-48(63-52(58)39-33-27-21-15-9-12-18-24-30-36-46(5)6)40-51(57)53-49(43-62-64(59,60)61-42-47(55)41-54)50(56)38-32-26-20-14-8-11-17-23-29-35-45(3)4/h44-50,54-56H,7-43H2,1-6H3,(H,53,57)(H,59,60). The van der Waals surface area contributed by atoms with E-state index in [4.69, 9.17) is 18.9 Å². The highest BCUT2D eigenvalue weighted by Gasteiger charge is 2.29. The van der Waals surface area contributed by atoms with E-state index in [2.05, 4.69) is 46.9 Å². The Labute approximate surface area is 393 Å². The third-order valence-corrected chi connectivity index (χ3v) is 13.3. The van der Waals surface area contributed by atoms with Crippen molar-refractivity contribution in [3.05, 3.63) is 0 Å². The molecule has 0 radical (unpaired) electrons. The molecule has 0 saturated carbocycles. The average molecular weight is 934 g/mol. The first-order chi connectivity index (χ1) is 30.6. The summed E-state index contributed by atoms with van der Waals surface area (Å²) in [6, 6.07) is -1.02. The molecule has 5 unspecified atom stereocenters. The summed E-state index contributed by atoms with van der Waals surface area (Å²) in [4.78, 5) is 36.9. The van der Waals surface area contributed by atoms with E-state index in [0.717, 1.165) is 75.5 Å². The molecule has 0 heterocycles. The summed E-state index contributed by atoms with van der Waals surface area (Å²) < 4.78 is 28.6. The summed E-state index contributed by atoms with van der Waals surface area (Å²) in [6.07, 6.45) is 33.0. The second-order valence-corrected chi connectivity index (χ2v) is 21.8. The number of hydrogen-bond donors (Lipinski definition) is 5. The van der Waals surface area contributed by atoms with E-state index >= 15 is 0 Å². The van der Waals surface area contributed by atoms with Crippen LogP contribution in [0.3, 0.4) is 0 Å². The van der Waals surface area contributed by atoms with Gasteiger partial charge >= 0.3 is 13.8 Å². The molecular weight excluding hydrogens is 830 g/mol. The van der Waals surface area contributed by atoms with E-state index in [1.165, 1.54) is 128 Å². The fourth-order valence-electron chi connectivity index (χ4n) is 8.18. The quantitative estimate of drug-likeness (QED) is 0.0225. The van der Waals surface area contributed by atoms with Crippen LogP contribution in [0.5, 0.6) is 0 Å². The second-order valence-electron chi connectivity index (χ2n) is 20.4. The first-order valence-electron chi connectivity index (χ1n) is 26.7. The molecule has 0 aromatic rings. The van der Waals surface area contributed by atoms with Crippen LogP contribution in [0.2, 0.25) is 0 Å². The molecular formula is C52H104NO10P. The predicted molar refractivity (Wildman–Crippen MR) is 264 cm³/mol. The molecule has 0 aliphatic carbocycles. The van der Waals surface area contributed by atoms with E-state index in [1.807, 2.05) is 0 Å². The smallest absolute Gasteiger partial charge is 0.462 e. The number of nitrogens with one attached hydrogen (secondary N) is 1. The molecule has 12 heteroatoms. The number of carbonyl (C=O) groups is 2. The molecule has 0 fully saturated rings. The molecule has 0 saturated heterocycles. The van der Waals surface area contributed by atoms with Crippen LogP contribution in [0.25, 0.3) is 0 Å². The van der Waals surface area contributed by atoms with Gasteiger partial charge in [-0.25, -0.2) is 4.57 Å². The topological polar surface area (TPSA) is 172 Å². The van der Waals surface area contributed by atoms with Crippen molar-refractivity contribution in [3.63, 3.8) is 0 Å². The Hall–Kier alpha value is -1.07. The SMILES string of the molecule is CC(C)CCCCCCCCCCCC(=O)OC(CCCCCCCCCCCC(C)C)CC(=O)NC(COP(=O)(O)OCC(O)CO)C(O)CCCCCCCCCCCC(C)C. The summed E-state index contributed by atoms with van der Waals surface area (Å²) in [7, 11) is -4.67. The number of hydrogen-bond acceptors (Lipinski definition) is 9. The van der Waals surface area contributed by atoms with Crippen LogP contribution in [0, 0.1) is 17.8 Å². The van der Waals surface area contributed by atoms with E-state index < -0.39 is 57.9 Å². The maximum Gasteiger partial charge on any atom is 0.472 e. The predicted octanol–water partition coefficient (Wildman–Crippen LogP) is 13.5. The molecule has 5 atom stereocenters. The Morgan fingerprint density at radius 2 is 0.844 bits per heavy atom. The third kappa shape index (κ3) is 43.5. The lowest BCUT2D eigenvalue weighted by Crippen LogP contribution is -2.47. The van der Waals surface area contributed by atoms with Gasteiger partial charge in [0, 0.05) is 6.42 Å². The van der Waals surface area contributed by atoms with Gasteiger partial charge in [0.2, 0.25) is 5.91 Å². The summed E-state index contributed by atoms with van der Waals surface area (Å²) >= 11 is 0. The van der Waals surface area contributed by atoms with Crippen molar-refractivity contribution >= 4 is 19.7 Å². The minimum atomic E-state index is -4.67. The number of aliphatic hydroxyl groups is 3. The maximum absolute atomic E-state index is 13.6. The van der Waals surface area contributed by atoms with Crippen molar-refractivity contribution in [2.45, 2.75) is 284 Å². The van der Waals surface area contributed by atoms with Crippen molar-refractivity contribution in [2.75, 3.05) is 19.8 Å². The van der Waals surface area contributed by atoms with Gasteiger partial charge < -0.3 is 30.3 Å². The Bertz CT molecular complexity index is 1110. The molecule has 382 valence electrons. The zero-order valence-corrected chi connectivity index (χ0v) is 43.3. The monoisotopic (exact) mass is 934 g/mol. The number of ether oxygens (including phenoxy) is 1. The van der Waals surface area contributed by atoms with Gasteiger partial charge in [-0.05, 0) is 43.4 Å². The highest BCUT2D eigenvalue weighted by Crippen LogP contribution is 2.43. The largest absolute Gasteiger partial charge is 0.472 e. The molecule has 1 amide bonds. The van der Waals surface area contributed by atoms with Crippen molar-refractivity contribution in [1.29, 1.82) is 0 Å². The summed E-state index contributed by atoms with van der Waals surface area (Å²) in [6.45, 7) is 11.9. The van der Waals surface area contributed by atoms with Gasteiger partial charge in [0.05, 0.1) is 38.4 Å². The molecule has 0 aromatic carbocycles. The molecule has 0 aliphatic rings. The molecule has 5 N–H and O–H groups in total. The van der Waals surface area contributed by atoms with Gasteiger partial charge in [-0.3, -0.25) is 18.6 Å². The fourth-order valence-corrected chi connectivity index (χ4v) is 8.96. The van der Waals surface area contributed by atoms with Crippen LogP contribution in [-0.2, 0) is 27.9 Å². The van der Waals surface area contributed by atoms with Crippen molar-refractivity contribution in [3.8, 4) is 0 Å². The highest BCUT2D eigenvalue weighted by atomic mass is 31.2. The van der Waals surface area contributed by atoms with Crippen molar-refractivity contribution < 1.29 is 48.2 Å². The minimum absolute atomic E-state index is 0.0873. The number of unbranched alkanes of at least 4 members (excludes halogenated alkanes) is 24. The van der Waals surface area contributed by atoms with Crippen molar-refractivity contribution in [1.82, 2.24) is 5.32 Å². The summed E-state index contributed by atoms with van der Waals surface area (Å²) in [5, 5.41) is 32.7. The van der Waals surface area contributed by atoms with Gasteiger partial charge in [0.1, 0.15) is 12.2 Å². The van der Waals surface area contributed by atoms with Crippen LogP contribution < -0.4 is 5.32 Å². The lowest BCUT2D eigenvalue weighted by molar-refractivity contribution is -0.151. The number of phosphoric ester groups is 1. The van der Waals surface area contributed by atoms with Gasteiger partial charge in [-0.2, -0.15) is 0 Å². The lowest BCUT2D eigenvalue weighted by atomic mass is 10.0. The molecule has 0 spiro atoms.